The average molecular weight is 337 g/mol. The fourth-order valence-electron chi connectivity index (χ4n) is 3.11. The lowest BCUT2D eigenvalue weighted by atomic mass is 10.0. The molecule has 1 heterocycles. The van der Waals surface area contributed by atoms with E-state index in [1.165, 1.54) is 11.1 Å². The third kappa shape index (κ3) is 4.24. The molecule has 5 nitrogen and oxygen atoms in total. The third-order valence-corrected chi connectivity index (χ3v) is 4.70. The first-order chi connectivity index (χ1) is 12.1. The molecule has 0 saturated heterocycles. The van der Waals surface area contributed by atoms with Crippen LogP contribution >= 0.6 is 0 Å². The van der Waals surface area contributed by atoms with Gasteiger partial charge in [0.1, 0.15) is 0 Å². The predicted octanol–water partition coefficient (Wildman–Crippen LogP) is 2.27. The maximum Gasteiger partial charge on any atom is 0.242 e. The second-order valence-electron chi connectivity index (χ2n) is 6.63. The molecular formula is C20H23N3O2. The maximum atomic E-state index is 12.3. The zero-order chi connectivity index (χ0) is 17.8. The van der Waals surface area contributed by atoms with E-state index in [9.17, 15) is 9.59 Å². The van der Waals surface area contributed by atoms with E-state index in [-0.39, 0.29) is 30.2 Å². The summed E-state index contributed by atoms with van der Waals surface area (Å²) in [5, 5.41) is 2.78. The van der Waals surface area contributed by atoms with Gasteiger partial charge in [-0.15, -0.1) is 0 Å². The van der Waals surface area contributed by atoms with Crippen molar-refractivity contribution < 1.29 is 9.59 Å². The number of hydrogen-bond acceptors (Lipinski definition) is 3. The van der Waals surface area contributed by atoms with Crippen molar-refractivity contribution in [2.75, 3.05) is 13.6 Å². The summed E-state index contributed by atoms with van der Waals surface area (Å²) < 4.78 is 0. The molecule has 2 aromatic rings. The molecule has 130 valence electrons. The Hall–Kier alpha value is -2.69. The fourth-order valence-corrected chi connectivity index (χ4v) is 3.11. The second-order valence-corrected chi connectivity index (χ2v) is 6.63. The van der Waals surface area contributed by atoms with E-state index in [0.717, 1.165) is 12.0 Å². The molecule has 1 saturated carbocycles. The van der Waals surface area contributed by atoms with Crippen LogP contribution in [0.5, 0.6) is 0 Å². The van der Waals surface area contributed by atoms with Crippen molar-refractivity contribution in [2.45, 2.75) is 25.8 Å². The topological polar surface area (TPSA) is 62.3 Å². The smallest absolute Gasteiger partial charge is 0.242 e. The van der Waals surface area contributed by atoms with Crippen molar-refractivity contribution in [3.05, 3.63) is 65.5 Å². The van der Waals surface area contributed by atoms with Crippen LogP contribution in [0.2, 0.25) is 0 Å². The van der Waals surface area contributed by atoms with Crippen LogP contribution in [0, 0.1) is 12.8 Å². The molecule has 5 heteroatoms. The molecule has 0 aliphatic heterocycles. The monoisotopic (exact) mass is 337 g/mol. The largest absolute Gasteiger partial charge is 0.347 e. The van der Waals surface area contributed by atoms with Crippen molar-refractivity contribution in [3.8, 4) is 0 Å². The number of likely N-dealkylation sites (N-methyl/N-ethyl adjacent to an activating group) is 1. The van der Waals surface area contributed by atoms with Gasteiger partial charge in [-0.05, 0) is 42.0 Å². The number of aromatic nitrogens is 1. The van der Waals surface area contributed by atoms with Gasteiger partial charge >= 0.3 is 0 Å². The molecule has 1 aliphatic rings. The molecule has 1 aromatic carbocycles. The summed E-state index contributed by atoms with van der Waals surface area (Å²) in [6, 6.07) is 11.9. The Balaban J connectivity index is 1.46. The quantitative estimate of drug-likeness (QED) is 0.879. The number of pyridine rings is 1. The molecule has 1 aromatic heterocycles. The molecular weight excluding hydrogens is 314 g/mol. The SMILES string of the molecule is Cc1ccccc1[C@H]1C[C@@H]1C(=O)NCC(=O)N(C)Cc1cccnc1. The van der Waals surface area contributed by atoms with Gasteiger partial charge in [0.2, 0.25) is 11.8 Å². The van der Waals surface area contributed by atoms with Gasteiger partial charge in [0.25, 0.3) is 0 Å². The highest BCUT2D eigenvalue weighted by Crippen LogP contribution is 2.48. The van der Waals surface area contributed by atoms with E-state index in [1.54, 1.807) is 24.3 Å². The molecule has 1 N–H and O–H groups in total. The van der Waals surface area contributed by atoms with Crippen LogP contribution in [0.3, 0.4) is 0 Å². The minimum Gasteiger partial charge on any atom is -0.347 e. The molecule has 0 spiro atoms. The molecule has 25 heavy (non-hydrogen) atoms. The number of carbonyl (C=O) groups excluding carboxylic acids is 2. The number of nitrogens with zero attached hydrogens (tertiary/aromatic N) is 2. The summed E-state index contributed by atoms with van der Waals surface area (Å²) in [5.74, 6) is 0.128. The zero-order valence-electron chi connectivity index (χ0n) is 14.6. The highest BCUT2D eigenvalue weighted by Gasteiger charge is 2.44. The third-order valence-electron chi connectivity index (χ3n) is 4.70. The van der Waals surface area contributed by atoms with Crippen LogP contribution in [0.1, 0.15) is 29.0 Å². The first kappa shape index (κ1) is 17.1. The standard InChI is InChI=1S/C20H23N3O2/c1-14-6-3-4-8-16(14)17-10-18(17)20(25)22-12-19(24)23(2)13-15-7-5-9-21-11-15/h3-9,11,17-18H,10,12-13H2,1-2H3,(H,22,25)/t17-,18+/m1/s1. The average Bonchev–Trinajstić information content (AvgIpc) is 3.41. The number of aryl methyl sites for hydroxylation is 1. The summed E-state index contributed by atoms with van der Waals surface area (Å²) in [5.41, 5.74) is 3.42. The van der Waals surface area contributed by atoms with E-state index in [0.29, 0.717) is 6.54 Å². The van der Waals surface area contributed by atoms with E-state index >= 15 is 0 Å². The number of hydrogen-bond donors (Lipinski definition) is 1. The summed E-state index contributed by atoms with van der Waals surface area (Å²) in [4.78, 5) is 30.1. The van der Waals surface area contributed by atoms with Crippen LogP contribution in [-0.4, -0.2) is 35.3 Å². The Kier molecular flexibility index (Phi) is 5.12. The minimum atomic E-state index is -0.106. The van der Waals surface area contributed by atoms with Gasteiger partial charge in [0, 0.05) is 31.9 Å². The lowest BCUT2D eigenvalue weighted by Crippen LogP contribution is -2.38. The minimum absolute atomic E-state index is 0.0162. The Morgan fingerprint density at radius 2 is 2.04 bits per heavy atom. The highest BCUT2D eigenvalue weighted by molar-refractivity contribution is 5.88. The summed E-state index contributed by atoms with van der Waals surface area (Å²) in [7, 11) is 1.73. The van der Waals surface area contributed by atoms with Gasteiger partial charge in [-0.3, -0.25) is 14.6 Å². The number of benzene rings is 1. The van der Waals surface area contributed by atoms with Crippen LogP contribution < -0.4 is 5.32 Å². The van der Waals surface area contributed by atoms with E-state index in [4.69, 9.17) is 0 Å². The predicted molar refractivity (Wildman–Crippen MR) is 95.7 cm³/mol. The Bertz CT molecular complexity index is 761. The molecule has 1 fully saturated rings. The van der Waals surface area contributed by atoms with E-state index in [2.05, 4.69) is 29.4 Å². The van der Waals surface area contributed by atoms with Gasteiger partial charge in [0.15, 0.2) is 0 Å². The van der Waals surface area contributed by atoms with Gasteiger partial charge in [0.05, 0.1) is 6.54 Å². The molecule has 3 rings (SSSR count). The molecule has 0 unspecified atom stereocenters. The van der Waals surface area contributed by atoms with Crippen LogP contribution in [0.25, 0.3) is 0 Å². The second kappa shape index (κ2) is 7.47. The summed E-state index contributed by atoms with van der Waals surface area (Å²) in [6.45, 7) is 2.59. The maximum absolute atomic E-state index is 12.3. The lowest BCUT2D eigenvalue weighted by Gasteiger charge is -2.17. The van der Waals surface area contributed by atoms with Crippen LogP contribution in [-0.2, 0) is 16.1 Å². The van der Waals surface area contributed by atoms with Crippen molar-refractivity contribution in [2.24, 2.45) is 5.92 Å². The van der Waals surface area contributed by atoms with Gasteiger partial charge < -0.3 is 10.2 Å². The Morgan fingerprint density at radius 3 is 2.76 bits per heavy atom. The lowest BCUT2D eigenvalue weighted by molar-refractivity contribution is -0.132. The Labute approximate surface area is 148 Å². The molecule has 0 radical (unpaired) electrons. The number of rotatable bonds is 6. The number of amides is 2. The first-order valence-corrected chi connectivity index (χ1v) is 8.52. The fraction of sp³-hybridized carbons (Fsp3) is 0.350. The first-order valence-electron chi connectivity index (χ1n) is 8.52. The molecule has 0 bridgehead atoms. The summed E-state index contributed by atoms with van der Waals surface area (Å²) >= 11 is 0. The number of carbonyl (C=O) groups is 2. The van der Waals surface area contributed by atoms with E-state index in [1.807, 2.05) is 24.3 Å². The van der Waals surface area contributed by atoms with Crippen molar-refractivity contribution in [1.29, 1.82) is 0 Å². The molecule has 2 amide bonds. The normalized spacial score (nSPS) is 18.5. The van der Waals surface area contributed by atoms with Crippen LogP contribution in [0.15, 0.2) is 48.8 Å². The van der Waals surface area contributed by atoms with Gasteiger partial charge in [-0.1, -0.05) is 30.3 Å². The van der Waals surface area contributed by atoms with Crippen molar-refractivity contribution in [1.82, 2.24) is 15.2 Å². The van der Waals surface area contributed by atoms with Gasteiger partial charge in [-0.2, -0.15) is 0 Å². The van der Waals surface area contributed by atoms with E-state index < -0.39 is 0 Å². The van der Waals surface area contributed by atoms with Crippen molar-refractivity contribution in [3.63, 3.8) is 0 Å². The van der Waals surface area contributed by atoms with Gasteiger partial charge in [-0.25, -0.2) is 0 Å². The molecule has 1 aliphatic carbocycles. The Morgan fingerprint density at radius 1 is 1.24 bits per heavy atom. The zero-order valence-corrected chi connectivity index (χ0v) is 14.6. The van der Waals surface area contributed by atoms with Crippen molar-refractivity contribution >= 4 is 11.8 Å². The molecule has 2 atom stereocenters. The van der Waals surface area contributed by atoms with Crippen LogP contribution in [0.4, 0.5) is 0 Å². The number of nitrogens with one attached hydrogen (secondary N) is 1. The highest BCUT2D eigenvalue weighted by atomic mass is 16.2. The summed E-state index contributed by atoms with van der Waals surface area (Å²) in [6.07, 6.45) is 4.29.